The normalized spacial score (nSPS) is 14.2. The van der Waals surface area contributed by atoms with Crippen LogP contribution in [0.5, 0.6) is 5.75 Å². The minimum absolute atomic E-state index is 0.121. The standard InChI is InChI=1S/C16H10F3NO3/c1-9-2-7-12-13(8-9)20(22)14(15(12)21)10-3-5-11(6-4-10)23-16(17,18)19/h2-8H,1H3. The van der Waals surface area contributed by atoms with Gasteiger partial charge >= 0.3 is 6.36 Å². The highest BCUT2D eigenvalue weighted by Crippen LogP contribution is 2.30. The Labute approximate surface area is 129 Å². The smallest absolute Gasteiger partial charge is 0.573 e. The quantitative estimate of drug-likeness (QED) is 0.626. The maximum atomic E-state index is 12.3. The Kier molecular flexibility index (Phi) is 3.35. The van der Waals surface area contributed by atoms with Gasteiger partial charge in [-0.05, 0) is 42.8 Å². The molecule has 0 saturated carbocycles. The van der Waals surface area contributed by atoms with Crippen LogP contribution in [0.3, 0.4) is 0 Å². The summed E-state index contributed by atoms with van der Waals surface area (Å²) < 4.78 is 40.7. The molecule has 0 bridgehead atoms. The van der Waals surface area contributed by atoms with Gasteiger partial charge in [-0.25, -0.2) is 0 Å². The van der Waals surface area contributed by atoms with Crippen molar-refractivity contribution in [3.63, 3.8) is 0 Å². The van der Waals surface area contributed by atoms with Crippen molar-refractivity contribution in [1.82, 2.24) is 0 Å². The van der Waals surface area contributed by atoms with Gasteiger partial charge in [0.25, 0.3) is 11.5 Å². The Morgan fingerprint density at radius 3 is 2.35 bits per heavy atom. The van der Waals surface area contributed by atoms with Gasteiger partial charge in [0.15, 0.2) is 0 Å². The van der Waals surface area contributed by atoms with E-state index in [1.54, 1.807) is 25.1 Å². The van der Waals surface area contributed by atoms with Crippen molar-refractivity contribution < 1.29 is 27.4 Å². The maximum absolute atomic E-state index is 12.3. The number of aryl methyl sites for hydroxylation is 1. The average molecular weight is 321 g/mol. The lowest BCUT2D eigenvalue weighted by molar-refractivity contribution is -0.355. The van der Waals surface area contributed by atoms with Gasteiger partial charge < -0.3 is 9.94 Å². The van der Waals surface area contributed by atoms with E-state index in [4.69, 9.17) is 0 Å². The van der Waals surface area contributed by atoms with E-state index >= 15 is 0 Å². The highest BCUT2D eigenvalue weighted by atomic mass is 19.4. The third kappa shape index (κ3) is 2.77. The minimum atomic E-state index is -4.80. The molecule has 0 spiro atoms. The van der Waals surface area contributed by atoms with Crippen molar-refractivity contribution in [3.05, 3.63) is 64.4 Å². The molecular formula is C16H10F3NO3. The molecule has 2 aromatic carbocycles. The average Bonchev–Trinajstić information content (AvgIpc) is 2.70. The van der Waals surface area contributed by atoms with E-state index in [0.29, 0.717) is 4.74 Å². The molecule has 0 aromatic heterocycles. The number of nitrogens with zero attached hydrogens (tertiary/aromatic N) is 1. The zero-order chi connectivity index (χ0) is 16.8. The Morgan fingerprint density at radius 1 is 1.09 bits per heavy atom. The van der Waals surface area contributed by atoms with Crippen molar-refractivity contribution in [3.8, 4) is 5.75 Å². The molecule has 0 saturated heterocycles. The minimum Gasteiger partial charge on any atom is -0.618 e. The van der Waals surface area contributed by atoms with Crippen LogP contribution in [-0.2, 0) is 0 Å². The van der Waals surface area contributed by atoms with E-state index in [1.165, 1.54) is 12.1 Å². The first-order chi connectivity index (χ1) is 10.8. The molecule has 0 atom stereocenters. The molecule has 4 nitrogen and oxygen atoms in total. The topological polar surface area (TPSA) is 52.4 Å². The van der Waals surface area contributed by atoms with Crippen LogP contribution >= 0.6 is 0 Å². The molecule has 1 aliphatic rings. The summed E-state index contributed by atoms with van der Waals surface area (Å²) in [5, 5.41) is 12.3. The van der Waals surface area contributed by atoms with Crippen molar-refractivity contribution in [2.24, 2.45) is 0 Å². The first kappa shape index (κ1) is 15.1. The zero-order valence-corrected chi connectivity index (χ0v) is 11.8. The monoisotopic (exact) mass is 321 g/mol. The van der Waals surface area contributed by atoms with E-state index in [0.717, 1.165) is 17.7 Å². The molecule has 3 rings (SSSR count). The number of ether oxygens (including phenoxy) is 1. The number of alkyl halides is 3. The number of hydrogen-bond acceptors (Lipinski definition) is 3. The van der Waals surface area contributed by atoms with Crippen LogP contribution in [0.25, 0.3) is 0 Å². The summed E-state index contributed by atoms with van der Waals surface area (Å²) in [6.07, 6.45) is -4.80. The molecule has 0 radical (unpaired) electrons. The van der Waals surface area contributed by atoms with Crippen LogP contribution in [0.4, 0.5) is 18.9 Å². The second kappa shape index (κ2) is 5.12. The van der Waals surface area contributed by atoms with Gasteiger partial charge in [0.05, 0.1) is 5.56 Å². The van der Waals surface area contributed by atoms with Crippen molar-refractivity contribution in [1.29, 1.82) is 0 Å². The summed E-state index contributed by atoms with van der Waals surface area (Å²) in [5.41, 5.74) is 1.45. The van der Waals surface area contributed by atoms with Crippen molar-refractivity contribution >= 4 is 17.2 Å². The summed E-state index contributed by atoms with van der Waals surface area (Å²) in [4.78, 5) is 12.3. The molecule has 7 heteroatoms. The lowest BCUT2D eigenvalue weighted by atomic mass is 10.0. The van der Waals surface area contributed by atoms with Gasteiger partial charge in [-0.2, -0.15) is 4.74 Å². The predicted octanol–water partition coefficient (Wildman–Crippen LogP) is 3.72. The van der Waals surface area contributed by atoms with E-state index in [2.05, 4.69) is 4.74 Å². The molecule has 0 N–H and O–H groups in total. The molecule has 0 unspecified atom stereocenters. The van der Waals surface area contributed by atoms with Gasteiger partial charge in [0.1, 0.15) is 11.3 Å². The molecule has 0 fully saturated rings. The number of benzene rings is 2. The molecule has 118 valence electrons. The summed E-state index contributed by atoms with van der Waals surface area (Å²) in [5.74, 6) is -0.877. The third-order valence-corrected chi connectivity index (χ3v) is 3.40. The van der Waals surface area contributed by atoms with Crippen molar-refractivity contribution in [2.75, 3.05) is 0 Å². The third-order valence-electron chi connectivity index (χ3n) is 3.40. The van der Waals surface area contributed by atoms with Crippen LogP contribution in [0.15, 0.2) is 42.5 Å². The highest BCUT2D eigenvalue weighted by Gasteiger charge is 2.37. The van der Waals surface area contributed by atoms with E-state index in [-0.39, 0.29) is 22.5 Å². The number of halogens is 3. The largest absolute Gasteiger partial charge is 0.618 e. The van der Waals surface area contributed by atoms with Gasteiger partial charge in [0, 0.05) is 6.07 Å². The van der Waals surface area contributed by atoms with Crippen LogP contribution in [-0.4, -0.2) is 22.6 Å². The Bertz CT molecular complexity index is 823. The summed E-state index contributed by atoms with van der Waals surface area (Å²) >= 11 is 0. The zero-order valence-electron chi connectivity index (χ0n) is 11.8. The molecular weight excluding hydrogens is 311 g/mol. The fraction of sp³-hybridized carbons (Fsp3) is 0.125. The number of ketones is 1. The lowest BCUT2D eigenvalue weighted by Crippen LogP contribution is -2.18. The van der Waals surface area contributed by atoms with Crippen LogP contribution in [0.2, 0.25) is 0 Å². The number of hydrogen-bond donors (Lipinski definition) is 0. The number of fused-ring (bicyclic) bond motifs is 1. The fourth-order valence-corrected chi connectivity index (χ4v) is 2.40. The number of carbonyl (C=O) groups is 1. The van der Waals surface area contributed by atoms with Gasteiger partial charge in [-0.1, -0.05) is 6.07 Å². The molecule has 0 amide bonds. The van der Waals surface area contributed by atoms with Gasteiger partial charge in [0.2, 0.25) is 5.69 Å². The Morgan fingerprint density at radius 2 is 1.74 bits per heavy atom. The highest BCUT2D eigenvalue weighted by molar-refractivity contribution is 6.52. The molecule has 1 aliphatic heterocycles. The predicted molar refractivity (Wildman–Crippen MR) is 76.0 cm³/mol. The first-order valence-corrected chi connectivity index (χ1v) is 6.62. The number of rotatable bonds is 2. The van der Waals surface area contributed by atoms with Gasteiger partial charge in [-0.3, -0.25) is 4.79 Å². The van der Waals surface area contributed by atoms with Crippen LogP contribution in [0.1, 0.15) is 21.5 Å². The summed E-state index contributed by atoms with van der Waals surface area (Å²) in [6.45, 7) is 1.79. The van der Waals surface area contributed by atoms with E-state index in [9.17, 15) is 23.2 Å². The summed E-state index contributed by atoms with van der Waals surface area (Å²) in [6, 6.07) is 9.49. The van der Waals surface area contributed by atoms with Crippen LogP contribution < -0.4 is 4.74 Å². The molecule has 0 aliphatic carbocycles. The lowest BCUT2D eigenvalue weighted by Gasteiger charge is -2.08. The second-order valence-corrected chi connectivity index (χ2v) is 5.06. The fourth-order valence-electron chi connectivity index (χ4n) is 2.40. The van der Waals surface area contributed by atoms with Crippen molar-refractivity contribution in [2.45, 2.75) is 13.3 Å². The maximum Gasteiger partial charge on any atom is 0.573 e. The Hall–Kier alpha value is -2.83. The second-order valence-electron chi connectivity index (χ2n) is 5.06. The summed E-state index contributed by atoms with van der Waals surface area (Å²) in [7, 11) is 0. The van der Waals surface area contributed by atoms with E-state index < -0.39 is 17.9 Å². The molecule has 2 aromatic rings. The molecule has 23 heavy (non-hydrogen) atoms. The van der Waals surface area contributed by atoms with E-state index in [1.807, 2.05) is 0 Å². The van der Waals surface area contributed by atoms with Crippen LogP contribution in [0, 0.1) is 12.1 Å². The number of Topliss-reactive ketones (excluding diaryl/α,β-unsaturated/α-hetero) is 1. The Balaban J connectivity index is 1.98. The first-order valence-electron chi connectivity index (χ1n) is 6.62. The van der Waals surface area contributed by atoms with Gasteiger partial charge in [-0.15, -0.1) is 13.2 Å². The molecule has 1 heterocycles. The SMILES string of the molecule is Cc1ccc2c(c1)[N+]([O-])=C(c1ccc(OC(F)(F)F)cc1)C2=O. The number of carbonyl (C=O) groups excluding carboxylic acids is 1.